The lowest BCUT2D eigenvalue weighted by atomic mass is 10.1. The molecule has 1 heterocycles. The van der Waals surface area contributed by atoms with E-state index in [2.05, 4.69) is 5.32 Å². The first-order valence-corrected chi connectivity index (χ1v) is 6.44. The van der Waals surface area contributed by atoms with Gasteiger partial charge in [-0.3, -0.25) is 25.0 Å². The van der Waals surface area contributed by atoms with E-state index in [-0.39, 0.29) is 39.9 Å². The summed E-state index contributed by atoms with van der Waals surface area (Å²) in [5.74, 6) is -0.358. The first kappa shape index (κ1) is 14.4. The van der Waals surface area contributed by atoms with Gasteiger partial charge in [0.15, 0.2) is 11.5 Å². The molecule has 3 rings (SSSR count). The number of anilines is 2. The number of benzene rings is 2. The molecule has 23 heavy (non-hydrogen) atoms. The number of carbonyl (C=O) groups is 1. The predicted octanol–water partition coefficient (Wildman–Crippen LogP) is 3.55. The maximum atomic E-state index is 11.7. The van der Waals surface area contributed by atoms with E-state index in [1.54, 1.807) is 0 Å². The molecule has 1 aliphatic rings. The highest BCUT2D eigenvalue weighted by Gasteiger charge is 2.30. The predicted molar refractivity (Wildman–Crippen MR) is 79.6 cm³/mol. The molecule has 0 aromatic heterocycles. The molecule has 0 amide bonds. The van der Waals surface area contributed by atoms with Crippen molar-refractivity contribution in [3.05, 3.63) is 56.1 Å². The van der Waals surface area contributed by atoms with Crippen LogP contribution in [0.25, 0.3) is 0 Å². The molecule has 0 radical (unpaired) electrons. The Morgan fingerprint density at radius 1 is 1.13 bits per heavy atom. The molecule has 0 atom stereocenters. The van der Waals surface area contributed by atoms with Gasteiger partial charge in [0.05, 0.1) is 21.6 Å². The van der Waals surface area contributed by atoms with E-state index in [0.29, 0.717) is 5.69 Å². The van der Waals surface area contributed by atoms with Crippen molar-refractivity contribution in [3.63, 3.8) is 0 Å². The Morgan fingerprint density at radius 2 is 1.87 bits per heavy atom. The van der Waals surface area contributed by atoms with Crippen LogP contribution in [-0.2, 0) is 0 Å². The quantitative estimate of drug-likeness (QED) is 0.445. The summed E-state index contributed by atoms with van der Waals surface area (Å²) in [5.41, 5.74) is 0.239. The van der Waals surface area contributed by atoms with Crippen LogP contribution in [0.4, 0.5) is 22.7 Å². The van der Waals surface area contributed by atoms with Gasteiger partial charge in [0.25, 0.3) is 5.69 Å². The minimum atomic E-state index is -0.646. The third kappa shape index (κ3) is 2.33. The molecule has 116 valence electrons. The summed E-state index contributed by atoms with van der Waals surface area (Å²) in [6.07, 6.45) is 0. The van der Waals surface area contributed by atoms with Crippen molar-refractivity contribution >= 4 is 28.5 Å². The average Bonchev–Trinajstić information content (AvgIpc) is 2.50. The second kappa shape index (κ2) is 5.05. The van der Waals surface area contributed by atoms with Crippen LogP contribution in [0.3, 0.4) is 0 Å². The molecule has 0 aliphatic carbocycles. The summed E-state index contributed by atoms with van der Waals surface area (Å²) in [7, 11) is 0. The lowest BCUT2D eigenvalue weighted by Crippen LogP contribution is -2.10. The van der Waals surface area contributed by atoms with E-state index in [1.807, 2.05) is 0 Å². The number of hydrogen-bond acceptors (Lipinski definition) is 7. The zero-order chi connectivity index (χ0) is 16.7. The van der Waals surface area contributed by atoms with Crippen molar-refractivity contribution in [2.75, 3.05) is 5.32 Å². The number of fused-ring (bicyclic) bond motifs is 2. The van der Waals surface area contributed by atoms with E-state index in [9.17, 15) is 25.0 Å². The van der Waals surface area contributed by atoms with Crippen LogP contribution in [-0.4, -0.2) is 15.6 Å². The number of nitrogens with one attached hydrogen (secondary N) is 1. The molecule has 9 nitrogen and oxygen atoms in total. The number of non-ortho nitro benzene ring substituents is 1. The molecule has 1 aliphatic heterocycles. The Kier molecular flexibility index (Phi) is 3.17. The summed E-state index contributed by atoms with van der Waals surface area (Å²) in [6, 6.07) is 6.35. The van der Waals surface area contributed by atoms with E-state index >= 15 is 0 Å². The number of hydrogen-bond donors (Lipinski definition) is 1. The van der Waals surface area contributed by atoms with Crippen molar-refractivity contribution in [2.24, 2.45) is 0 Å². The van der Waals surface area contributed by atoms with Crippen LogP contribution >= 0.6 is 0 Å². The number of nitrogens with zero attached hydrogens (tertiary/aromatic N) is 2. The summed E-state index contributed by atoms with van der Waals surface area (Å²) in [4.78, 5) is 32.4. The highest BCUT2D eigenvalue weighted by atomic mass is 16.6. The normalized spacial score (nSPS) is 11.5. The second-order valence-electron chi connectivity index (χ2n) is 4.81. The van der Waals surface area contributed by atoms with Gasteiger partial charge in [-0.2, -0.15) is 0 Å². The fraction of sp³-hybridized carbons (Fsp3) is 0.0714. The Bertz CT molecular complexity index is 877. The number of Topliss-reactive ketones (excluding diaryl/α,β-unsaturated/α-hetero) is 1. The van der Waals surface area contributed by atoms with Crippen LogP contribution in [0.5, 0.6) is 11.5 Å². The number of ether oxygens (including phenoxy) is 1. The minimum absolute atomic E-state index is 0.0792. The maximum Gasteiger partial charge on any atom is 0.313 e. The molecule has 0 unspecified atom stereocenters. The average molecular weight is 315 g/mol. The molecule has 0 spiro atoms. The highest BCUT2D eigenvalue weighted by molar-refractivity contribution is 6.03. The summed E-state index contributed by atoms with van der Waals surface area (Å²) in [6.45, 7) is 1.33. The topological polar surface area (TPSA) is 125 Å². The van der Waals surface area contributed by atoms with Crippen molar-refractivity contribution in [1.29, 1.82) is 0 Å². The molecule has 0 bridgehead atoms. The summed E-state index contributed by atoms with van der Waals surface area (Å²) in [5, 5.41) is 24.9. The fourth-order valence-corrected chi connectivity index (χ4v) is 2.29. The lowest BCUT2D eigenvalue weighted by molar-refractivity contribution is -0.386. The Labute approximate surface area is 128 Å². The van der Waals surface area contributed by atoms with Gasteiger partial charge < -0.3 is 10.1 Å². The van der Waals surface area contributed by atoms with Crippen LogP contribution in [0, 0.1) is 20.2 Å². The smallest absolute Gasteiger partial charge is 0.313 e. The first-order valence-electron chi connectivity index (χ1n) is 6.44. The Balaban J connectivity index is 2.19. The van der Waals surface area contributed by atoms with Gasteiger partial charge in [0.2, 0.25) is 5.75 Å². The van der Waals surface area contributed by atoms with E-state index in [1.165, 1.54) is 31.2 Å². The van der Waals surface area contributed by atoms with E-state index < -0.39 is 9.85 Å². The van der Waals surface area contributed by atoms with E-state index in [0.717, 1.165) is 6.07 Å². The number of nitro groups is 2. The zero-order valence-corrected chi connectivity index (χ0v) is 11.7. The lowest BCUT2D eigenvalue weighted by Gasteiger charge is -2.22. The second-order valence-corrected chi connectivity index (χ2v) is 4.81. The van der Waals surface area contributed by atoms with Crippen molar-refractivity contribution in [2.45, 2.75) is 6.92 Å². The van der Waals surface area contributed by atoms with Crippen LogP contribution in [0.1, 0.15) is 17.3 Å². The molecule has 9 heteroatoms. The Morgan fingerprint density at radius 3 is 2.48 bits per heavy atom. The molecule has 0 fully saturated rings. The molecule has 2 aromatic carbocycles. The van der Waals surface area contributed by atoms with Gasteiger partial charge in [-0.25, -0.2) is 0 Å². The summed E-state index contributed by atoms with van der Waals surface area (Å²) < 4.78 is 5.49. The van der Waals surface area contributed by atoms with Crippen molar-refractivity contribution in [3.8, 4) is 11.5 Å². The monoisotopic (exact) mass is 315 g/mol. The van der Waals surface area contributed by atoms with Crippen LogP contribution < -0.4 is 10.1 Å². The van der Waals surface area contributed by atoms with Crippen LogP contribution in [0.15, 0.2) is 30.3 Å². The molecule has 2 aromatic rings. The largest absolute Gasteiger partial charge is 0.445 e. The van der Waals surface area contributed by atoms with Crippen LogP contribution in [0.2, 0.25) is 0 Å². The van der Waals surface area contributed by atoms with Gasteiger partial charge in [-0.05, 0) is 19.1 Å². The molecule has 0 saturated heterocycles. The minimum Gasteiger partial charge on any atom is -0.445 e. The SMILES string of the molecule is CC(=O)c1ccc([N+](=O)[O-])c2c1Nc1ccc([N+](=O)[O-])cc1O2. The van der Waals surface area contributed by atoms with Gasteiger partial charge in [0.1, 0.15) is 5.69 Å². The summed E-state index contributed by atoms with van der Waals surface area (Å²) >= 11 is 0. The Hall–Kier alpha value is -3.49. The number of nitro benzene ring substituents is 2. The number of carbonyl (C=O) groups excluding carboxylic acids is 1. The maximum absolute atomic E-state index is 11.7. The highest BCUT2D eigenvalue weighted by Crippen LogP contribution is 2.49. The molecule has 1 N–H and O–H groups in total. The third-order valence-corrected chi connectivity index (χ3v) is 3.36. The standard InChI is InChI=1S/C14H9N3O6/c1-7(18)9-3-5-11(17(21)22)14-13(9)15-10-4-2-8(16(19)20)6-12(10)23-14/h2-6,15H,1H3. The fourth-order valence-electron chi connectivity index (χ4n) is 2.29. The zero-order valence-electron chi connectivity index (χ0n) is 11.7. The van der Waals surface area contributed by atoms with Gasteiger partial charge in [0, 0.05) is 17.7 Å². The number of ketones is 1. The molecule has 0 saturated carbocycles. The third-order valence-electron chi connectivity index (χ3n) is 3.36. The molecular weight excluding hydrogens is 306 g/mol. The number of rotatable bonds is 3. The first-order chi connectivity index (χ1) is 10.9. The van der Waals surface area contributed by atoms with Gasteiger partial charge in [-0.15, -0.1) is 0 Å². The van der Waals surface area contributed by atoms with Crippen molar-refractivity contribution < 1.29 is 19.4 Å². The van der Waals surface area contributed by atoms with Gasteiger partial charge in [-0.1, -0.05) is 0 Å². The molecular formula is C14H9N3O6. The van der Waals surface area contributed by atoms with E-state index in [4.69, 9.17) is 4.74 Å². The van der Waals surface area contributed by atoms with Crippen molar-refractivity contribution in [1.82, 2.24) is 0 Å². The van der Waals surface area contributed by atoms with Gasteiger partial charge >= 0.3 is 5.69 Å².